The van der Waals surface area contributed by atoms with Crippen LogP contribution in [0, 0.1) is 0 Å². The highest BCUT2D eigenvalue weighted by Crippen LogP contribution is 2.26. The van der Waals surface area contributed by atoms with Crippen LogP contribution in [0.3, 0.4) is 0 Å². The third-order valence-corrected chi connectivity index (χ3v) is 5.88. The van der Waals surface area contributed by atoms with Crippen LogP contribution >= 0.6 is 0 Å². The molecule has 0 spiro atoms. The van der Waals surface area contributed by atoms with Crippen LogP contribution in [0.1, 0.15) is 30.8 Å². The summed E-state index contributed by atoms with van der Waals surface area (Å²) < 4.78 is 29.9. The summed E-state index contributed by atoms with van der Waals surface area (Å²) in [5.41, 5.74) is 2.13. The molecule has 2 N–H and O–H groups in total. The second kappa shape index (κ2) is 6.19. The molecule has 0 radical (unpaired) electrons. The van der Waals surface area contributed by atoms with Gasteiger partial charge < -0.3 is 5.32 Å². The molecule has 0 fully saturated rings. The maximum Gasteiger partial charge on any atom is 0.241 e. The van der Waals surface area contributed by atoms with E-state index < -0.39 is 16.1 Å². The minimum absolute atomic E-state index is 0.0569. The van der Waals surface area contributed by atoms with Crippen LogP contribution in [0.4, 0.5) is 5.69 Å². The van der Waals surface area contributed by atoms with E-state index in [1.165, 1.54) is 6.07 Å². The van der Waals surface area contributed by atoms with Gasteiger partial charge in [0, 0.05) is 18.3 Å². The van der Waals surface area contributed by atoms with Gasteiger partial charge in [-0.15, -0.1) is 10.2 Å². The van der Waals surface area contributed by atoms with Gasteiger partial charge in [-0.3, -0.25) is 9.20 Å². The van der Waals surface area contributed by atoms with E-state index in [0.29, 0.717) is 30.0 Å². The van der Waals surface area contributed by atoms with E-state index in [1.807, 2.05) is 12.1 Å². The number of carbonyl (C=O) groups is 1. The van der Waals surface area contributed by atoms with Gasteiger partial charge in [0.25, 0.3) is 0 Å². The summed E-state index contributed by atoms with van der Waals surface area (Å²) >= 11 is 0. The smallest absolute Gasteiger partial charge is 0.241 e. The molecule has 1 aliphatic rings. The predicted octanol–water partition coefficient (Wildman–Crippen LogP) is 1.65. The van der Waals surface area contributed by atoms with Gasteiger partial charge in [-0.2, -0.15) is 0 Å². The first-order valence-electron chi connectivity index (χ1n) is 8.19. The summed E-state index contributed by atoms with van der Waals surface area (Å²) in [5, 5.41) is 10.9. The zero-order valence-electron chi connectivity index (χ0n) is 14.0. The molecule has 3 aromatic rings. The van der Waals surface area contributed by atoms with Crippen molar-refractivity contribution in [3.05, 3.63) is 54.0 Å². The molecule has 2 aromatic heterocycles. The Morgan fingerprint density at radius 2 is 2.04 bits per heavy atom. The summed E-state index contributed by atoms with van der Waals surface area (Å²) in [4.78, 5) is 11.6. The third kappa shape index (κ3) is 2.95. The molecule has 0 bridgehead atoms. The number of anilines is 1. The van der Waals surface area contributed by atoms with Crippen molar-refractivity contribution in [2.75, 3.05) is 5.32 Å². The standard InChI is InChI=1S/C17H17N5O3S/c1-11(17-20-19-15-4-2-3-9-22(15)17)21-26(24,25)13-6-7-14-12(10-13)5-8-16(23)18-14/h2-4,6-7,9-11,21H,5,8H2,1H3,(H,18,23). The summed E-state index contributed by atoms with van der Waals surface area (Å²) in [7, 11) is -3.75. The molecule has 8 nitrogen and oxygen atoms in total. The fourth-order valence-electron chi connectivity index (χ4n) is 3.04. The molecule has 1 atom stereocenters. The topological polar surface area (TPSA) is 105 Å². The average molecular weight is 371 g/mol. The highest BCUT2D eigenvalue weighted by Gasteiger charge is 2.24. The van der Waals surface area contributed by atoms with Crippen molar-refractivity contribution in [2.45, 2.75) is 30.7 Å². The molecule has 134 valence electrons. The Morgan fingerprint density at radius 3 is 2.88 bits per heavy atom. The molecule has 1 unspecified atom stereocenters. The van der Waals surface area contributed by atoms with Gasteiger partial charge >= 0.3 is 0 Å². The lowest BCUT2D eigenvalue weighted by Crippen LogP contribution is -2.28. The number of benzene rings is 1. The summed E-state index contributed by atoms with van der Waals surface area (Å²) in [6, 6.07) is 9.63. The first kappa shape index (κ1) is 16.7. The van der Waals surface area contributed by atoms with Crippen molar-refractivity contribution in [1.29, 1.82) is 0 Å². The normalized spacial score (nSPS) is 15.5. The Kier molecular flexibility index (Phi) is 3.97. The van der Waals surface area contributed by atoms with Crippen molar-refractivity contribution in [3.8, 4) is 0 Å². The van der Waals surface area contributed by atoms with Gasteiger partial charge in [-0.1, -0.05) is 6.07 Å². The number of amides is 1. The van der Waals surface area contributed by atoms with Gasteiger partial charge in [-0.25, -0.2) is 13.1 Å². The first-order chi connectivity index (χ1) is 12.4. The van der Waals surface area contributed by atoms with Gasteiger partial charge in [0.1, 0.15) is 0 Å². The Hall–Kier alpha value is -2.78. The molecule has 1 amide bonds. The number of nitrogens with one attached hydrogen (secondary N) is 2. The Balaban J connectivity index is 1.62. The first-order valence-corrected chi connectivity index (χ1v) is 9.67. The highest BCUT2D eigenvalue weighted by atomic mass is 32.2. The minimum atomic E-state index is -3.75. The second-order valence-electron chi connectivity index (χ2n) is 6.20. The lowest BCUT2D eigenvalue weighted by Gasteiger charge is -2.18. The number of pyridine rings is 1. The van der Waals surface area contributed by atoms with E-state index in [2.05, 4.69) is 20.2 Å². The molecule has 0 aliphatic carbocycles. The van der Waals surface area contributed by atoms with E-state index >= 15 is 0 Å². The summed E-state index contributed by atoms with van der Waals surface area (Å²) in [6.07, 6.45) is 2.66. The predicted molar refractivity (Wildman–Crippen MR) is 95.1 cm³/mol. The highest BCUT2D eigenvalue weighted by molar-refractivity contribution is 7.89. The van der Waals surface area contributed by atoms with Crippen LogP contribution in [0.15, 0.2) is 47.5 Å². The number of nitrogens with zero attached hydrogens (tertiary/aromatic N) is 3. The zero-order chi connectivity index (χ0) is 18.3. The zero-order valence-corrected chi connectivity index (χ0v) is 14.8. The largest absolute Gasteiger partial charge is 0.326 e. The summed E-state index contributed by atoms with van der Waals surface area (Å²) in [6.45, 7) is 1.72. The molecule has 9 heteroatoms. The monoisotopic (exact) mass is 371 g/mol. The van der Waals surface area contributed by atoms with Crippen LogP contribution < -0.4 is 10.0 Å². The van der Waals surface area contributed by atoms with E-state index in [-0.39, 0.29) is 10.8 Å². The van der Waals surface area contributed by atoms with Crippen molar-refractivity contribution >= 4 is 27.3 Å². The van der Waals surface area contributed by atoms with Crippen molar-refractivity contribution in [3.63, 3.8) is 0 Å². The number of carbonyl (C=O) groups excluding carboxylic acids is 1. The van der Waals surface area contributed by atoms with E-state index in [9.17, 15) is 13.2 Å². The lowest BCUT2D eigenvalue weighted by atomic mass is 10.0. The molecule has 3 heterocycles. The average Bonchev–Trinajstić information content (AvgIpc) is 3.05. The third-order valence-electron chi connectivity index (χ3n) is 4.34. The van der Waals surface area contributed by atoms with Crippen molar-refractivity contribution in [2.24, 2.45) is 0 Å². The fourth-order valence-corrected chi connectivity index (χ4v) is 4.29. The molecular weight excluding hydrogens is 354 g/mol. The fraction of sp³-hybridized carbons (Fsp3) is 0.235. The molecule has 0 saturated heterocycles. The van der Waals surface area contributed by atoms with Gasteiger partial charge in [-0.05, 0) is 49.2 Å². The van der Waals surface area contributed by atoms with Gasteiger partial charge in [0.2, 0.25) is 15.9 Å². The number of rotatable bonds is 4. The lowest BCUT2D eigenvalue weighted by molar-refractivity contribution is -0.116. The maximum atomic E-state index is 12.8. The van der Waals surface area contributed by atoms with Gasteiger partial charge in [0.05, 0.1) is 10.9 Å². The van der Waals surface area contributed by atoms with E-state index in [4.69, 9.17) is 0 Å². The van der Waals surface area contributed by atoms with E-state index in [1.54, 1.807) is 35.7 Å². The van der Waals surface area contributed by atoms with Crippen molar-refractivity contribution in [1.82, 2.24) is 19.3 Å². The molecule has 1 aliphatic heterocycles. The molecular formula is C17H17N5O3S. The Labute approximate surface area is 150 Å². The van der Waals surface area contributed by atoms with Crippen LogP contribution in [0.5, 0.6) is 0 Å². The molecule has 0 saturated carbocycles. The quantitative estimate of drug-likeness (QED) is 0.725. The molecule has 4 rings (SSSR count). The number of aryl methyl sites for hydroxylation is 1. The SMILES string of the molecule is CC(NS(=O)(=O)c1ccc2c(c1)CCC(=O)N2)c1nnc2ccccn12. The Morgan fingerprint density at radius 1 is 1.19 bits per heavy atom. The summed E-state index contributed by atoms with van der Waals surface area (Å²) in [5.74, 6) is 0.452. The number of hydrogen-bond acceptors (Lipinski definition) is 5. The number of fused-ring (bicyclic) bond motifs is 2. The maximum absolute atomic E-state index is 12.8. The van der Waals surface area contributed by atoms with Crippen LogP contribution in [0.25, 0.3) is 5.65 Å². The van der Waals surface area contributed by atoms with Crippen LogP contribution in [0.2, 0.25) is 0 Å². The van der Waals surface area contributed by atoms with Crippen LogP contribution in [-0.4, -0.2) is 28.9 Å². The minimum Gasteiger partial charge on any atom is -0.326 e. The van der Waals surface area contributed by atoms with Crippen LogP contribution in [-0.2, 0) is 21.2 Å². The molecule has 1 aromatic carbocycles. The number of sulfonamides is 1. The Bertz CT molecular complexity index is 1110. The van der Waals surface area contributed by atoms with Gasteiger partial charge in [0.15, 0.2) is 11.5 Å². The van der Waals surface area contributed by atoms with E-state index in [0.717, 1.165) is 5.56 Å². The second-order valence-corrected chi connectivity index (χ2v) is 7.91. The number of hydrogen-bond donors (Lipinski definition) is 2. The van der Waals surface area contributed by atoms with Crippen molar-refractivity contribution < 1.29 is 13.2 Å². The molecule has 26 heavy (non-hydrogen) atoms. The number of aromatic nitrogens is 3.